The summed E-state index contributed by atoms with van der Waals surface area (Å²) in [7, 11) is 1.64. The van der Waals surface area contributed by atoms with Gasteiger partial charge in [0.1, 0.15) is 17.7 Å². The van der Waals surface area contributed by atoms with E-state index in [-0.39, 0.29) is 0 Å². The van der Waals surface area contributed by atoms with Gasteiger partial charge in [-0.1, -0.05) is 0 Å². The lowest BCUT2D eigenvalue weighted by Gasteiger charge is -1.99. The molecule has 0 N–H and O–H groups in total. The maximum absolute atomic E-state index is 5.50. The molecule has 4 nitrogen and oxygen atoms in total. The van der Waals surface area contributed by atoms with Gasteiger partial charge in [0.15, 0.2) is 0 Å². The van der Waals surface area contributed by atoms with E-state index in [1.165, 1.54) is 0 Å². The van der Waals surface area contributed by atoms with Gasteiger partial charge in [0, 0.05) is 23.5 Å². The lowest BCUT2D eigenvalue weighted by molar-refractivity contribution is 0.415. The van der Waals surface area contributed by atoms with Crippen LogP contribution >= 0.6 is 0 Å². The Morgan fingerprint density at radius 3 is 2.58 bits per heavy atom. The predicted octanol–water partition coefficient (Wildman–Crippen LogP) is 3.41. The molecule has 0 aliphatic carbocycles. The summed E-state index contributed by atoms with van der Waals surface area (Å²) < 4.78 is 10.6. The molecule has 0 saturated heterocycles. The Bertz CT molecular complexity index is 660. The second kappa shape index (κ2) is 4.94. The Labute approximate surface area is 110 Å². The number of rotatable bonds is 3. The summed E-state index contributed by atoms with van der Waals surface area (Å²) >= 11 is 0. The number of nitrogens with zero attached hydrogens (tertiary/aromatic N) is 2. The molecule has 2 aromatic heterocycles. The lowest BCUT2D eigenvalue weighted by Crippen LogP contribution is -1.83. The third-order valence-electron chi connectivity index (χ3n) is 2.80. The number of benzene rings is 1. The predicted molar refractivity (Wildman–Crippen MR) is 71.7 cm³/mol. The molecule has 0 saturated carbocycles. The quantitative estimate of drug-likeness (QED) is 0.716. The molecule has 1 aromatic carbocycles. The Morgan fingerprint density at radius 2 is 1.89 bits per heavy atom. The zero-order valence-corrected chi connectivity index (χ0v) is 10.4. The highest BCUT2D eigenvalue weighted by molar-refractivity contribution is 5.62. The summed E-state index contributed by atoms with van der Waals surface area (Å²) in [6.07, 6.45) is 5.13. The van der Waals surface area contributed by atoms with Gasteiger partial charge in [0.25, 0.3) is 0 Å². The van der Waals surface area contributed by atoms with Gasteiger partial charge in [0.05, 0.1) is 7.11 Å². The SMILES string of the molecule is COc1ccc(-c2nc(-c3cccnc3)co2)cc1. The molecule has 0 amide bonds. The molecular weight excluding hydrogens is 240 g/mol. The topological polar surface area (TPSA) is 48.2 Å². The van der Waals surface area contributed by atoms with Gasteiger partial charge in [-0.05, 0) is 36.4 Å². The van der Waals surface area contributed by atoms with E-state index in [9.17, 15) is 0 Å². The number of ether oxygens (including phenoxy) is 1. The zero-order chi connectivity index (χ0) is 13.1. The highest BCUT2D eigenvalue weighted by atomic mass is 16.5. The minimum Gasteiger partial charge on any atom is -0.497 e. The van der Waals surface area contributed by atoms with Crippen LogP contribution in [-0.4, -0.2) is 17.1 Å². The van der Waals surface area contributed by atoms with E-state index in [4.69, 9.17) is 9.15 Å². The Balaban J connectivity index is 1.92. The molecule has 2 heterocycles. The summed E-state index contributed by atoms with van der Waals surface area (Å²) in [6.45, 7) is 0. The van der Waals surface area contributed by atoms with Crippen LogP contribution in [0, 0.1) is 0 Å². The van der Waals surface area contributed by atoms with Gasteiger partial charge >= 0.3 is 0 Å². The van der Waals surface area contributed by atoms with Gasteiger partial charge in [-0.25, -0.2) is 4.98 Å². The van der Waals surface area contributed by atoms with Crippen molar-refractivity contribution in [3.8, 4) is 28.5 Å². The summed E-state index contributed by atoms with van der Waals surface area (Å²) in [5.41, 5.74) is 2.63. The van der Waals surface area contributed by atoms with Crippen molar-refractivity contribution in [3.63, 3.8) is 0 Å². The van der Waals surface area contributed by atoms with Crippen molar-refractivity contribution < 1.29 is 9.15 Å². The first-order valence-electron chi connectivity index (χ1n) is 5.87. The first-order valence-corrected chi connectivity index (χ1v) is 5.87. The van der Waals surface area contributed by atoms with Crippen molar-refractivity contribution in [2.24, 2.45) is 0 Å². The van der Waals surface area contributed by atoms with Crippen LogP contribution in [0.5, 0.6) is 5.75 Å². The van der Waals surface area contributed by atoms with Gasteiger partial charge in [-0.15, -0.1) is 0 Å². The molecule has 0 aliphatic heterocycles. The standard InChI is InChI=1S/C15H12N2O2/c1-18-13-6-4-11(5-7-13)15-17-14(10-19-15)12-3-2-8-16-9-12/h2-10H,1H3. The molecular formula is C15H12N2O2. The van der Waals surface area contributed by atoms with E-state index >= 15 is 0 Å². The van der Waals surface area contributed by atoms with E-state index in [1.54, 1.807) is 25.8 Å². The molecule has 0 unspecified atom stereocenters. The Morgan fingerprint density at radius 1 is 1.05 bits per heavy atom. The van der Waals surface area contributed by atoms with Crippen LogP contribution in [0.3, 0.4) is 0 Å². The Hall–Kier alpha value is -2.62. The number of hydrogen-bond acceptors (Lipinski definition) is 4. The van der Waals surface area contributed by atoms with Crippen molar-refractivity contribution in [3.05, 3.63) is 55.1 Å². The fraction of sp³-hybridized carbons (Fsp3) is 0.0667. The van der Waals surface area contributed by atoms with E-state index in [1.807, 2.05) is 36.4 Å². The highest BCUT2D eigenvalue weighted by Gasteiger charge is 2.08. The summed E-state index contributed by atoms with van der Waals surface area (Å²) in [5.74, 6) is 1.39. The fourth-order valence-corrected chi connectivity index (χ4v) is 1.79. The smallest absolute Gasteiger partial charge is 0.226 e. The van der Waals surface area contributed by atoms with Crippen molar-refractivity contribution in [1.82, 2.24) is 9.97 Å². The number of methoxy groups -OCH3 is 1. The molecule has 3 rings (SSSR count). The number of aromatic nitrogens is 2. The third-order valence-corrected chi connectivity index (χ3v) is 2.80. The average Bonchev–Trinajstić information content (AvgIpc) is 2.98. The maximum atomic E-state index is 5.50. The summed E-state index contributed by atoms with van der Waals surface area (Å²) in [4.78, 5) is 8.53. The van der Waals surface area contributed by atoms with Gasteiger partial charge in [-0.3, -0.25) is 4.98 Å². The van der Waals surface area contributed by atoms with Crippen LogP contribution in [0.1, 0.15) is 0 Å². The molecule has 0 atom stereocenters. The normalized spacial score (nSPS) is 10.4. The van der Waals surface area contributed by atoms with Gasteiger partial charge in [-0.2, -0.15) is 0 Å². The van der Waals surface area contributed by atoms with E-state index in [0.29, 0.717) is 5.89 Å². The van der Waals surface area contributed by atoms with Crippen molar-refractivity contribution in [1.29, 1.82) is 0 Å². The summed E-state index contributed by atoms with van der Waals surface area (Å²) in [5, 5.41) is 0. The molecule has 3 aromatic rings. The number of pyridine rings is 1. The largest absolute Gasteiger partial charge is 0.497 e. The minimum absolute atomic E-state index is 0.585. The molecule has 4 heteroatoms. The van der Waals surface area contributed by atoms with Crippen LogP contribution in [0.25, 0.3) is 22.7 Å². The minimum atomic E-state index is 0.585. The summed E-state index contributed by atoms with van der Waals surface area (Å²) in [6, 6.07) is 11.4. The first-order chi connectivity index (χ1) is 9.36. The number of hydrogen-bond donors (Lipinski definition) is 0. The van der Waals surface area contributed by atoms with Crippen molar-refractivity contribution in [2.75, 3.05) is 7.11 Å². The molecule has 0 fully saturated rings. The molecule has 94 valence electrons. The second-order valence-corrected chi connectivity index (χ2v) is 4.01. The number of oxazole rings is 1. The van der Waals surface area contributed by atoms with Crippen LogP contribution in [-0.2, 0) is 0 Å². The van der Waals surface area contributed by atoms with Gasteiger partial charge in [0.2, 0.25) is 5.89 Å². The van der Waals surface area contributed by atoms with Gasteiger partial charge < -0.3 is 9.15 Å². The monoisotopic (exact) mass is 252 g/mol. The lowest BCUT2D eigenvalue weighted by atomic mass is 10.2. The average molecular weight is 252 g/mol. The van der Waals surface area contributed by atoms with Crippen LogP contribution < -0.4 is 4.74 Å². The highest BCUT2D eigenvalue weighted by Crippen LogP contribution is 2.25. The van der Waals surface area contributed by atoms with Crippen molar-refractivity contribution in [2.45, 2.75) is 0 Å². The first kappa shape index (κ1) is 11.5. The molecule has 0 aliphatic rings. The fourth-order valence-electron chi connectivity index (χ4n) is 1.79. The Kier molecular flexibility index (Phi) is 2.98. The van der Waals surface area contributed by atoms with E-state index < -0.39 is 0 Å². The van der Waals surface area contributed by atoms with E-state index in [0.717, 1.165) is 22.6 Å². The van der Waals surface area contributed by atoms with Crippen molar-refractivity contribution >= 4 is 0 Å². The maximum Gasteiger partial charge on any atom is 0.226 e. The van der Waals surface area contributed by atoms with Crippen LogP contribution in [0.15, 0.2) is 59.5 Å². The molecule has 0 spiro atoms. The van der Waals surface area contributed by atoms with Crippen LogP contribution in [0.2, 0.25) is 0 Å². The molecule has 0 radical (unpaired) electrons. The third kappa shape index (κ3) is 2.33. The zero-order valence-electron chi connectivity index (χ0n) is 10.4. The molecule has 0 bridgehead atoms. The van der Waals surface area contributed by atoms with Crippen LogP contribution in [0.4, 0.5) is 0 Å². The second-order valence-electron chi connectivity index (χ2n) is 4.01. The van der Waals surface area contributed by atoms with E-state index in [2.05, 4.69) is 9.97 Å². The molecule has 19 heavy (non-hydrogen) atoms.